The van der Waals surface area contributed by atoms with E-state index < -0.39 is 6.61 Å². The molecule has 0 bridgehead atoms. The smallest absolute Gasteiger partial charge is 0.387 e. The molecule has 1 aromatic carbocycles. The van der Waals surface area contributed by atoms with Crippen LogP contribution in [0.25, 0.3) is 10.6 Å². The van der Waals surface area contributed by atoms with Crippen molar-refractivity contribution < 1.29 is 13.5 Å². The molecule has 0 aliphatic carbocycles. The molecular formula is C13H12F2N2OS. The summed E-state index contributed by atoms with van der Waals surface area (Å²) in [6, 6.07) is 6.60. The van der Waals surface area contributed by atoms with Gasteiger partial charge in [0.2, 0.25) is 0 Å². The molecule has 100 valence electrons. The van der Waals surface area contributed by atoms with E-state index in [0.717, 1.165) is 35.8 Å². The van der Waals surface area contributed by atoms with Gasteiger partial charge in [0.15, 0.2) is 0 Å². The van der Waals surface area contributed by atoms with Gasteiger partial charge in [-0.1, -0.05) is 0 Å². The van der Waals surface area contributed by atoms with Crippen LogP contribution in [0.5, 0.6) is 5.75 Å². The lowest BCUT2D eigenvalue weighted by Gasteiger charge is -2.09. The molecule has 0 saturated carbocycles. The summed E-state index contributed by atoms with van der Waals surface area (Å²) in [6.45, 7) is -0.971. The summed E-state index contributed by atoms with van der Waals surface area (Å²) in [5.41, 5.74) is 2.08. The Labute approximate surface area is 113 Å². The molecule has 0 amide bonds. The van der Waals surface area contributed by atoms with Crippen LogP contribution in [0.2, 0.25) is 0 Å². The molecule has 0 saturated heterocycles. The maximum atomic E-state index is 12.1. The molecule has 0 fully saturated rings. The Morgan fingerprint density at radius 3 is 2.74 bits per heavy atom. The van der Waals surface area contributed by atoms with E-state index in [4.69, 9.17) is 0 Å². The van der Waals surface area contributed by atoms with Crippen molar-refractivity contribution in [1.29, 1.82) is 0 Å². The normalized spacial score (nSPS) is 14.5. The van der Waals surface area contributed by atoms with E-state index in [0.29, 0.717) is 0 Å². The van der Waals surface area contributed by atoms with Gasteiger partial charge in [-0.15, -0.1) is 11.3 Å². The van der Waals surface area contributed by atoms with Crippen LogP contribution in [0.4, 0.5) is 8.78 Å². The summed E-state index contributed by atoms with van der Waals surface area (Å²) in [5, 5.41) is 4.23. The number of rotatable bonds is 3. The van der Waals surface area contributed by atoms with Crippen LogP contribution in [0.3, 0.4) is 0 Å². The van der Waals surface area contributed by atoms with E-state index in [1.165, 1.54) is 4.88 Å². The third-order valence-electron chi connectivity index (χ3n) is 2.93. The molecule has 1 aromatic heterocycles. The molecule has 1 N–H and O–H groups in total. The Bertz CT molecular complexity index is 545. The van der Waals surface area contributed by atoms with Gasteiger partial charge >= 0.3 is 6.61 Å². The zero-order valence-electron chi connectivity index (χ0n) is 10.0. The summed E-state index contributed by atoms with van der Waals surface area (Å²) in [4.78, 5) is 5.86. The van der Waals surface area contributed by atoms with Crippen LogP contribution in [-0.4, -0.2) is 18.1 Å². The molecule has 0 atom stereocenters. The first-order valence-electron chi connectivity index (χ1n) is 5.97. The first kappa shape index (κ1) is 12.5. The molecule has 0 unspecified atom stereocenters. The second-order valence-electron chi connectivity index (χ2n) is 4.22. The van der Waals surface area contributed by atoms with Crippen molar-refractivity contribution in [2.45, 2.75) is 19.6 Å². The summed E-state index contributed by atoms with van der Waals surface area (Å²) in [7, 11) is 0. The lowest BCUT2D eigenvalue weighted by molar-refractivity contribution is -0.0498. The van der Waals surface area contributed by atoms with Gasteiger partial charge in [0.25, 0.3) is 0 Å². The van der Waals surface area contributed by atoms with E-state index in [9.17, 15) is 8.78 Å². The van der Waals surface area contributed by atoms with Crippen molar-refractivity contribution in [2.24, 2.45) is 0 Å². The van der Waals surface area contributed by atoms with Gasteiger partial charge in [-0.25, -0.2) is 4.98 Å². The summed E-state index contributed by atoms with van der Waals surface area (Å²) in [5.74, 6) is 0.168. The number of alkyl halides is 2. The minimum Gasteiger partial charge on any atom is -0.435 e. The van der Waals surface area contributed by atoms with Crippen molar-refractivity contribution in [3.8, 4) is 16.3 Å². The highest BCUT2D eigenvalue weighted by Crippen LogP contribution is 2.30. The second-order valence-corrected chi connectivity index (χ2v) is 5.30. The van der Waals surface area contributed by atoms with Gasteiger partial charge in [-0.3, -0.25) is 0 Å². The Hall–Kier alpha value is -1.53. The molecular weight excluding hydrogens is 270 g/mol. The Kier molecular flexibility index (Phi) is 3.44. The van der Waals surface area contributed by atoms with Crippen LogP contribution in [0.15, 0.2) is 24.3 Å². The Morgan fingerprint density at radius 2 is 2.05 bits per heavy atom. The van der Waals surface area contributed by atoms with Crippen molar-refractivity contribution in [1.82, 2.24) is 10.3 Å². The summed E-state index contributed by atoms with van der Waals surface area (Å²) >= 11 is 1.65. The molecule has 6 heteroatoms. The molecule has 19 heavy (non-hydrogen) atoms. The largest absolute Gasteiger partial charge is 0.435 e. The third-order valence-corrected chi connectivity index (χ3v) is 4.08. The number of benzene rings is 1. The highest BCUT2D eigenvalue weighted by molar-refractivity contribution is 7.15. The van der Waals surface area contributed by atoms with Crippen molar-refractivity contribution in [3.63, 3.8) is 0 Å². The fraction of sp³-hybridized carbons (Fsp3) is 0.308. The van der Waals surface area contributed by atoms with Crippen LogP contribution in [0, 0.1) is 0 Å². The van der Waals surface area contributed by atoms with Crippen LogP contribution in [-0.2, 0) is 13.0 Å². The van der Waals surface area contributed by atoms with Crippen LogP contribution >= 0.6 is 11.3 Å². The minimum atomic E-state index is -2.79. The minimum absolute atomic E-state index is 0.168. The molecule has 2 heterocycles. The van der Waals surface area contributed by atoms with Gasteiger partial charge in [0, 0.05) is 30.0 Å². The number of hydrogen-bond acceptors (Lipinski definition) is 4. The van der Waals surface area contributed by atoms with E-state index in [-0.39, 0.29) is 5.75 Å². The van der Waals surface area contributed by atoms with Gasteiger partial charge in [0.1, 0.15) is 10.8 Å². The maximum absolute atomic E-state index is 12.1. The fourth-order valence-electron chi connectivity index (χ4n) is 2.03. The number of nitrogens with one attached hydrogen (secondary N) is 1. The monoisotopic (exact) mass is 282 g/mol. The first-order chi connectivity index (χ1) is 9.22. The number of thiazole rings is 1. The highest BCUT2D eigenvalue weighted by atomic mass is 32.1. The molecule has 1 aliphatic heterocycles. The van der Waals surface area contributed by atoms with Gasteiger partial charge in [0.05, 0.1) is 5.69 Å². The first-order valence-corrected chi connectivity index (χ1v) is 6.78. The zero-order valence-corrected chi connectivity index (χ0v) is 10.8. The summed E-state index contributed by atoms with van der Waals surface area (Å²) < 4.78 is 28.4. The molecule has 2 aromatic rings. The van der Waals surface area contributed by atoms with Crippen LogP contribution in [0.1, 0.15) is 10.6 Å². The topological polar surface area (TPSA) is 34.1 Å². The summed E-state index contributed by atoms with van der Waals surface area (Å²) in [6.07, 6.45) is 0.943. The number of aromatic nitrogens is 1. The van der Waals surface area contributed by atoms with Gasteiger partial charge in [-0.2, -0.15) is 8.78 Å². The lowest BCUT2D eigenvalue weighted by atomic mass is 10.2. The lowest BCUT2D eigenvalue weighted by Crippen LogP contribution is -2.22. The van der Waals surface area contributed by atoms with E-state index in [1.54, 1.807) is 35.6 Å². The van der Waals surface area contributed by atoms with Crippen molar-refractivity contribution in [2.75, 3.05) is 6.54 Å². The predicted octanol–water partition coefficient (Wildman–Crippen LogP) is 3.06. The number of hydrogen-bond donors (Lipinski definition) is 1. The molecule has 1 aliphatic rings. The van der Waals surface area contributed by atoms with E-state index in [2.05, 4.69) is 15.0 Å². The van der Waals surface area contributed by atoms with E-state index in [1.807, 2.05) is 0 Å². The number of nitrogens with zero attached hydrogens (tertiary/aromatic N) is 1. The number of fused-ring (bicyclic) bond motifs is 1. The molecule has 0 spiro atoms. The van der Waals surface area contributed by atoms with Crippen LogP contribution < -0.4 is 10.1 Å². The maximum Gasteiger partial charge on any atom is 0.387 e. The molecule has 0 radical (unpaired) electrons. The zero-order chi connectivity index (χ0) is 13.2. The Balaban J connectivity index is 1.83. The highest BCUT2D eigenvalue weighted by Gasteiger charge is 2.15. The van der Waals surface area contributed by atoms with Gasteiger partial charge < -0.3 is 10.1 Å². The second kappa shape index (κ2) is 5.22. The molecule has 3 nitrogen and oxygen atoms in total. The average molecular weight is 282 g/mol. The Morgan fingerprint density at radius 1 is 1.26 bits per heavy atom. The average Bonchev–Trinajstić information content (AvgIpc) is 2.82. The van der Waals surface area contributed by atoms with Crippen molar-refractivity contribution in [3.05, 3.63) is 34.8 Å². The van der Waals surface area contributed by atoms with E-state index >= 15 is 0 Å². The molecule has 3 rings (SSSR count). The van der Waals surface area contributed by atoms with Gasteiger partial charge in [-0.05, 0) is 24.3 Å². The fourth-order valence-corrected chi connectivity index (χ4v) is 3.11. The van der Waals surface area contributed by atoms with Crippen molar-refractivity contribution >= 4 is 11.3 Å². The number of ether oxygens (including phenoxy) is 1. The quantitative estimate of drug-likeness (QED) is 0.939. The predicted molar refractivity (Wildman–Crippen MR) is 69.6 cm³/mol. The standard InChI is InChI=1S/C13H12F2N2OS/c14-13(15)18-9-3-1-8(2-4-9)12-17-10-5-6-16-7-11(10)19-12/h1-4,13,16H,5-7H2. The SMILES string of the molecule is FC(F)Oc1ccc(-c2nc3c(s2)CNCC3)cc1. The number of halogens is 2. The third kappa shape index (κ3) is 2.74.